The van der Waals surface area contributed by atoms with Gasteiger partial charge in [0.25, 0.3) is 5.91 Å². The maximum atomic E-state index is 14.4. The van der Waals surface area contributed by atoms with Crippen LogP contribution in [-0.2, 0) is 4.79 Å². The highest BCUT2D eigenvalue weighted by Crippen LogP contribution is 2.25. The van der Waals surface area contributed by atoms with Gasteiger partial charge in [-0.3, -0.25) is 9.59 Å². The number of nitrogens with one attached hydrogen (secondary N) is 1. The predicted molar refractivity (Wildman–Crippen MR) is 117 cm³/mol. The Bertz CT molecular complexity index is 939. The Hall–Kier alpha value is -2.94. The minimum atomic E-state index is -1.16. The number of aliphatic hydroxyl groups is 1. The number of hydrogen-bond acceptors (Lipinski definition) is 5. The maximum absolute atomic E-state index is 14.4. The number of rotatable bonds is 11. The van der Waals surface area contributed by atoms with Gasteiger partial charge in [0.05, 0.1) is 12.0 Å². The van der Waals surface area contributed by atoms with Gasteiger partial charge < -0.3 is 20.3 Å². The van der Waals surface area contributed by atoms with Crippen molar-refractivity contribution in [2.45, 2.75) is 59.1 Å². The topological polar surface area (TPSA) is 114 Å². The Morgan fingerprint density at radius 2 is 1.91 bits per heavy atom. The molecule has 1 heterocycles. The summed E-state index contributed by atoms with van der Waals surface area (Å²) in [6, 6.07) is 6.68. The first-order valence-electron chi connectivity index (χ1n) is 10.6. The number of carboxylic acids is 1. The van der Waals surface area contributed by atoms with Crippen LogP contribution in [0, 0.1) is 17.7 Å². The summed E-state index contributed by atoms with van der Waals surface area (Å²) in [6.45, 7) is 9.07. The summed E-state index contributed by atoms with van der Waals surface area (Å²) in [6.07, 6.45) is 0.255. The van der Waals surface area contributed by atoms with E-state index in [0.29, 0.717) is 6.42 Å². The van der Waals surface area contributed by atoms with Gasteiger partial charge in [-0.15, -0.1) is 0 Å². The van der Waals surface area contributed by atoms with Gasteiger partial charge in [-0.05, 0) is 37.3 Å². The number of hydrogen-bond donors (Lipinski definition) is 3. The Kier molecular flexibility index (Phi) is 8.38. The summed E-state index contributed by atoms with van der Waals surface area (Å²) >= 11 is 0. The molecule has 8 nitrogen and oxygen atoms in total. The van der Waals surface area contributed by atoms with Crippen molar-refractivity contribution in [3.05, 3.63) is 41.8 Å². The van der Waals surface area contributed by atoms with Crippen molar-refractivity contribution in [1.29, 1.82) is 0 Å². The smallest absolute Gasteiger partial charge is 0.305 e. The van der Waals surface area contributed by atoms with Gasteiger partial charge in [-0.1, -0.05) is 39.8 Å². The second-order valence-corrected chi connectivity index (χ2v) is 8.93. The molecule has 0 saturated heterocycles. The summed E-state index contributed by atoms with van der Waals surface area (Å²) in [7, 11) is 0. The van der Waals surface area contributed by atoms with Gasteiger partial charge in [0.1, 0.15) is 18.1 Å². The third-order valence-electron chi connectivity index (χ3n) is 5.26. The predicted octanol–water partition coefficient (Wildman–Crippen LogP) is 3.42. The van der Waals surface area contributed by atoms with Crippen molar-refractivity contribution < 1.29 is 28.9 Å². The zero-order chi connectivity index (χ0) is 24.1. The number of aliphatic carboxylic acids is 1. The van der Waals surface area contributed by atoms with E-state index in [1.165, 1.54) is 24.3 Å². The van der Waals surface area contributed by atoms with E-state index in [1.807, 2.05) is 27.7 Å². The molecule has 9 heteroatoms. The van der Waals surface area contributed by atoms with Crippen molar-refractivity contribution in [2.75, 3.05) is 6.61 Å². The van der Waals surface area contributed by atoms with Crippen LogP contribution in [0.25, 0.3) is 5.69 Å². The molecule has 0 bridgehead atoms. The van der Waals surface area contributed by atoms with Crippen molar-refractivity contribution in [3.63, 3.8) is 0 Å². The Labute approximate surface area is 187 Å². The number of carbonyl (C=O) groups is 2. The lowest BCUT2D eigenvalue weighted by Gasteiger charge is -2.27. The van der Waals surface area contributed by atoms with Gasteiger partial charge in [-0.25, -0.2) is 4.39 Å². The van der Waals surface area contributed by atoms with Crippen LogP contribution in [0.2, 0.25) is 0 Å². The molecule has 2 aromatic rings. The molecule has 1 amide bonds. The number of halogens is 1. The van der Waals surface area contributed by atoms with E-state index >= 15 is 0 Å². The van der Waals surface area contributed by atoms with Crippen molar-refractivity contribution in [2.24, 2.45) is 11.8 Å². The Morgan fingerprint density at radius 3 is 2.47 bits per heavy atom. The number of para-hydroxylation sites is 1. The van der Waals surface area contributed by atoms with Gasteiger partial charge in [-0.2, -0.15) is 9.78 Å². The number of carbonyl (C=O) groups excluding carboxylic acids is 1. The van der Waals surface area contributed by atoms with Crippen LogP contribution < -0.4 is 10.1 Å². The average molecular weight is 450 g/mol. The fourth-order valence-electron chi connectivity index (χ4n) is 2.99. The molecule has 1 aromatic heterocycles. The van der Waals surface area contributed by atoms with Crippen molar-refractivity contribution in [1.82, 2.24) is 15.1 Å². The second-order valence-electron chi connectivity index (χ2n) is 8.93. The molecule has 0 aliphatic rings. The number of ether oxygens (including phenoxy) is 1. The highest BCUT2D eigenvalue weighted by molar-refractivity contribution is 5.93. The standard InChI is InChI=1S/C23H32FN3O5/c1-14(2)10-16(11-21(28)29)25-22(30)18-12-20(32-13-23(5,31)15(3)4)27(26-18)19-9-7-6-8-17(19)24/h6-9,12,14-16,31H,10-11,13H2,1-5H3,(H,25,30)(H,28,29)/t16?,23-/m1/s1. The monoisotopic (exact) mass is 449 g/mol. The number of benzene rings is 1. The molecule has 176 valence electrons. The molecule has 1 unspecified atom stereocenters. The maximum Gasteiger partial charge on any atom is 0.305 e. The molecule has 0 fully saturated rings. The van der Waals surface area contributed by atoms with E-state index in [9.17, 15) is 19.1 Å². The first kappa shape index (κ1) is 25.3. The fourth-order valence-corrected chi connectivity index (χ4v) is 2.99. The molecule has 32 heavy (non-hydrogen) atoms. The summed E-state index contributed by atoms with van der Waals surface area (Å²) < 4.78 is 21.3. The molecule has 3 N–H and O–H groups in total. The summed E-state index contributed by atoms with van der Waals surface area (Å²) in [5, 5.41) is 26.6. The van der Waals surface area contributed by atoms with E-state index in [4.69, 9.17) is 9.84 Å². The fraction of sp³-hybridized carbons (Fsp3) is 0.522. The zero-order valence-corrected chi connectivity index (χ0v) is 19.1. The van der Waals surface area contributed by atoms with Crippen LogP contribution in [0.5, 0.6) is 5.88 Å². The van der Waals surface area contributed by atoms with Crippen LogP contribution in [-0.4, -0.2) is 50.1 Å². The SMILES string of the molecule is CC(C)CC(CC(=O)O)NC(=O)c1cc(OC[C@@](C)(O)C(C)C)n(-c2ccccc2F)n1. The lowest BCUT2D eigenvalue weighted by Crippen LogP contribution is -2.38. The minimum Gasteiger partial charge on any atom is -0.481 e. The largest absolute Gasteiger partial charge is 0.481 e. The van der Waals surface area contributed by atoms with E-state index in [0.717, 1.165) is 4.68 Å². The zero-order valence-electron chi connectivity index (χ0n) is 19.1. The van der Waals surface area contributed by atoms with Gasteiger partial charge in [0.2, 0.25) is 5.88 Å². The molecule has 1 aromatic carbocycles. The number of aromatic nitrogens is 2. The average Bonchev–Trinajstić information content (AvgIpc) is 3.10. The second kappa shape index (κ2) is 10.6. The Morgan fingerprint density at radius 1 is 1.25 bits per heavy atom. The highest BCUT2D eigenvalue weighted by Gasteiger charge is 2.28. The minimum absolute atomic E-state index is 0.0495. The molecular weight excluding hydrogens is 417 g/mol. The summed E-state index contributed by atoms with van der Waals surface area (Å²) in [5.41, 5.74) is -1.13. The summed E-state index contributed by atoms with van der Waals surface area (Å²) in [4.78, 5) is 24.0. The first-order valence-corrected chi connectivity index (χ1v) is 10.6. The molecule has 0 spiro atoms. The van der Waals surface area contributed by atoms with Crippen LogP contribution in [0.1, 0.15) is 57.9 Å². The molecule has 2 rings (SSSR count). The van der Waals surface area contributed by atoms with Crippen LogP contribution in [0.4, 0.5) is 4.39 Å². The number of amides is 1. The van der Waals surface area contributed by atoms with Crippen LogP contribution in [0.15, 0.2) is 30.3 Å². The van der Waals surface area contributed by atoms with E-state index in [-0.39, 0.29) is 42.1 Å². The molecular formula is C23H32FN3O5. The highest BCUT2D eigenvalue weighted by atomic mass is 19.1. The quantitative estimate of drug-likeness (QED) is 0.484. The van der Waals surface area contributed by atoms with Gasteiger partial charge >= 0.3 is 5.97 Å². The lowest BCUT2D eigenvalue weighted by molar-refractivity contribution is -0.137. The van der Waals surface area contributed by atoms with Gasteiger partial charge in [0, 0.05) is 12.1 Å². The van der Waals surface area contributed by atoms with E-state index in [1.54, 1.807) is 13.0 Å². The van der Waals surface area contributed by atoms with E-state index in [2.05, 4.69) is 10.4 Å². The van der Waals surface area contributed by atoms with E-state index < -0.39 is 29.3 Å². The number of carboxylic acid groups (broad SMARTS) is 1. The third kappa shape index (κ3) is 6.78. The Balaban J connectivity index is 2.36. The lowest BCUT2D eigenvalue weighted by atomic mass is 9.94. The molecule has 0 aliphatic carbocycles. The molecule has 2 atom stereocenters. The first-order chi connectivity index (χ1) is 14.9. The number of nitrogens with zero attached hydrogens (tertiary/aromatic N) is 2. The van der Waals surface area contributed by atoms with Crippen molar-refractivity contribution >= 4 is 11.9 Å². The molecule has 0 saturated carbocycles. The normalized spacial score (nSPS) is 14.3. The summed E-state index contributed by atoms with van der Waals surface area (Å²) in [5.74, 6) is -2.03. The van der Waals surface area contributed by atoms with Gasteiger partial charge in [0.15, 0.2) is 5.69 Å². The molecule has 0 radical (unpaired) electrons. The van der Waals surface area contributed by atoms with Crippen LogP contribution >= 0.6 is 0 Å². The molecule has 0 aliphatic heterocycles. The van der Waals surface area contributed by atoms with Crippen molar-refractivity contribution in [3.8, 4) is 11.6 Å². The third-order valence-corrected chi connectivity index (χ3v) is 5.26. The van der Waals surface area contributed by atoms with Crippen LogP contribution in [0.3, 0.4) is 0 Å².